The molecule has 0 saturated carbocycles. The smallest absolute Gasteiger partial charge is 0.122 e. The number of anilines is 1. The number of benzene rings is 1. The Morgan fingerprint density at radius 3 is 2.48 bits per heavy atom. The summed E-state index contributed by atoms with van der Waals surface area (Å²) in [4.78, 5) is 2.40. The van der Waals surface area contributed by atoms with Gasteiger partial charge in [-0.15, -0.1) is 0 Å². The first-order chi connectivity index (χ1) is 12.3. The van der Waals surface area contributed by atoms with Crippen LogP contribution in [-0.2, 0) is 17.8 Å². The molecule has 1 N–H and O–H groups in total. The van der Waals surface area contributed by atoms with Gasteiger partial charge < -0.3 is 19.5 Å². The van der Waals surface area contributed by atoms with Crippen molar-refractivity contribution < 1.29 is 14.2 Å². The SMILES string of the molecule is COc1cc(CNc2cnn(CCN3CCOCC3)c2)cc(OC)c1. The van der Waals surface area contributed by atoms with Crippen LogP contribution in [0.4, 0.5) is 5.69 Å². The van der Waals surface area contributed by atoms with Crippen LogP contribution >= 0.6 is 0 Å². The standard InChI is InChI=1S/C18H26N4O3/c1-23-17-9-15(10-18(11-17)24-2)12-19-16-13-20-22(14-16)4-3-21-5-7-25-8-6-21/h9-11,13-14,19H,3-8,12H2,1-2H3. The molecule has 0 unspecified atom stereocenters. The second-order valence-corrected chi connectivity index (χ2v) is 6.02. The van der Waals surface area contributed by atoms with Crippen molar-refractivity contribution in [1.82, 2.24) is 14.7 Å². The van der Waals surface area contributed by atoms with Crippen molar-refractivity contribution in [2.75, 3.05) is 52.4 Å². The van der Waals surface area contributed by atoms with Gasteiger partial charge in [0.15, 0.2) is 0 Å². The molecule has 1 aliphatic rings. The molecule has 0 atom stereocenters. The van der Waals surface area contributed by atoms with Gasteiger partial charge in [-0.2, -0.15) is 5.10 Å². The third-order valence-corrected chi connectivity index (χ3v) is 4.29. The first-order valence-corrected chi connectivity index (χ1v) is 8.55. The Morgan fingerprint density at radius 2 is 1.80 bits per heavy atom. The quantitative estimate of drug-likeness (QED) is 0.787. The molecule has 25 heavy (non-hydrogen) atoms. The summed E-state index contributed by atoms with van der Waals surface area (Å²) in [5.74, 6) is 1.58. The predicted octanol–water partition coefficient (Wildman–Crippen LogP) is 1.84. The van der Waals surface area contributed by atoms with Gasteiger partial charge in [-0.3, -0.25) is 9.58 Å². The predicted molar refractivity (Wildman–Crippen MR) is 96.4 cm³/mol. The number of nitrogens with one attached hydrogen (secondary N) is 1. The van der Waals surface area contributed by atoms with Crippen LogP contribution < -0.4 is 14.8 Å². The van der Waals surface area contributed by atoms with E-state index in [2.05, 4.69) is 15.3 Å². The third-order valence-electron chi connectivity index (χ3n) is 4.29. The van der Waals surface area contributed by atoms with E-state index in [1.807, 2.05) is 35.3 Å². The van der Waals surface area contributed by atoms with Gasteiger partial charge in [-0.25, -0.2) is 0 Å². The largest absolute Gasteiger partial charge is 0.497 e. The van der Waals surface area contributed by atoms with Crippen LogP contribution in [0.1, 0.15) is 5.56 Å². The van der Waals surface area contributed by atoms with E-state index in [1.54, 1.807) is 14.2 Å². The van der Waals surface area contributed by atoms with Crippen molar-refractivity contribution in [3.05, 3.63) is 36.2 Å². The van der Waals surface area contributed by atoms with E-state index in [-0.39, 0.29) is 0 Å². The van der Waals surface area contributed by atoms with Gasteiger partial charge in [-0.05, 0) is 17.7 Å². The van der Waals surface area contributed by atoms with Gasteiger partial charge in [0.2, 0.25) is 0 Å². The maximum atomic E-state index is 5.37. The first-order valence-electron chi connectivity index (χ1n) is 8.55. The van der Waals surface area contributed by atoms with Gasteiger partial charge in [0, 0.05) is 38.4 Å². The first kappa shape index (κ1) is 17.6. The highest BCUT2D eigenvalue weighted by Crippen LogP contribution is 2.23. The molecule has 0 aliphatic carbocycles. The van der Waals surface area contributed by atoms with E-state index >= 15 is 0 Å². The normalized spacial score (nSPS) is 15.1. The fraction of sp³-hybridized carbons (Fsp3) is 0.500. The van der Waals surface area contributed by atoms with Crippen molar-refractivity contribution in [3.8, 4) is 11.5 Å². The molecular formula is C18H26N4O3. The Labute approximate surface area is 148 Å². The number of morpholine rings is 1. The summed E-state index contributed by atoms with van der Waals surface area (Å²) in [7, 11) is 3.31. The number of hydrogen-bond donors (Lipinski definition) is 1. The summed E-state index contributed by atoms with van der Waals surface area (Å²) < 4.78 is 18.0. The van der Waals surface area contributed by atoms with Crippen LogP contribution in [0.25, 0.3) is 0 Å². The van der Waals surface area contributed by atoms with E-state index in [0.717, 1.165) is 62.1 Å². The summed E-state index contributed by atoms with van der Waals surface area (Å²) >= 11 is 0. The summed E-state index contributed by atoms with van der Waals surface area (Å²) in [6.07, 6.45) is 3.90. The fourth-order valence-corrected chi connectivity index (χ4v) is 2.82. The number of rotatable bonds is 8. The minimum Gasteiger partial charge on any atom is -0.497 e. The molecule has 3 rings (SSSR count). The zero-order chi connectivity index (χ0) is 17.5. The summed E-state index contributed by atoms with van der Waals surface area (Å²) in [5.41, 5.74) is 2.10. The van der Waals surface area contributed by atoms with Gasteiger partial charge in [0.1, 0.15) is 11.5 Å². The van der Waals surface area contributed by atoms with Crippen LogP contribution in [0.5, 0.6) is 11.5 Å². The van der Waals surface area contributed by atoms with Crippen LogP contribution in [0.2, 0.25) is 0 Å². The van der Waals surface area contributed by atoms with Crippen LogP contribution in [-0.4, -0.2) is 61.7 Å². The molecule has 7 nitrogen and oxygen atoms in total. The van der Waals surface area contributed by atoms with Crippen LogP contribution in [0.3, 0.4) is 0 Å². The second-order valence-electron chi connectivity index (χ2n) is 6.02. The van der Waals surface area contributed by atoms with Crippen LogP contribution in [0, 0.1) is 0 Å². The van der Waals surface area contributed by atoms with E-state index in [9.17, 15) is 0 Å². The number of nitrogens with zero attached hydrogens (tertiary/aromatic N) is 3. The fourth-order valence-electron chi connectivity index (χ4n) is 2.82. The minimum atomic E-state index is 0.683. The summed E-state index contributed by atoms with van der Waals surface area (Å²) in [5, 5.41) is 7.82. The third kappa shape index (κ3) is 5.11. The van der Waals surface area contributed by atoms with Gasteiger partial charge in [0.25, 0.3) is 0 Å². The number of aromatic nitrogens is 2. The minimum absolute atomic E-state index is 0.683. The maximum absolute atomic E-state index is 5.37. The highest BCUT2D eigenvalue weighted by atomic mass is 16.5. The molecule has 2 aromatic rings. The highest BCUT2D eigenvalue weighted by molar-refractivity contribution is 5.43. The van der Waals surface area contributed by atoms with E-state index in [4.69, 9.17) is 14.2 Å². The molecule has 0 amide bonds. The van der Waals surface area contributed by atoms with Crippen molar-refractivity contribution >= 4 is 5.69 Å². The van der Waals surface area contributed by atoms with Crippen molar-refractivity contribution in [3.63, 3.8) is 0 Å². The Balaban J connectivity index is 1.51. The topological polar surface area (TPSA) is 60.8 Å². The van der Waals surface area contributed by atoms with Gasteiger partial charge in [0.05, 0.1) is 45.9 Å². The average Bonchev–Trinajstić information content (AvgIpc) is 3.13. The Morgan fingerprint density at radius 1 is 1.08 bits per heavy atom. The molecule has 0 radical (unpaired) electrons. The zero-order valence-corrected chi connectivity index (χ0v) is 14.9. The van der Waals surface area contributed by atoms with Crippen molar-refractivity contribution in [1.29, 1.82) is 0 Å². The van der Waals surface area contributed by atoms with Crippen molar-refractivity contribution in [2.24, 2.45) is 0 Å². The molecule has 0 bridgehead atoms. The lowest BCUT2D eigenvalue weighted by Gasteiger charge is -2.26. The molecule has 0 spiro atoms. The summed E-state index contributed by atoms with van der Waals surface area (Å²) in [6, 6.07) is 5.86. The molecule has 2 heterocycles. The molecule has 1 aromatic heterocycles. The number of methoxy groups -OCH3 is 2. The lowest BCUT2D eigenvalue weighted by atomic mass is 10.2. The van der Waals surface area contributed by atoms with E-state index < -0.39 is 0 Å². The lowest BCUT2D eigenvalue weighted by Crippen LogP contribution is -2.38. The van der Waals surface area contributed by atoms with Gasteiger partial charge >= 0.3 is 0 Å². The summed E-state index contributed by atoms with van der Waals surface area (Å²) in [6.45, 7) is 6.23. The Bertz CT molecular complexity index is 646. The molecule has 136 valence electrons. The van der Waals surface area contributed by atoms with E-state index in [1.165, 1.54) is 0 Å². The number of hydrogen-bond acceptors (Lipinski definition) is 6. The van der Waals surface area contributed by atoms with E-state index in [0.29, 0.717) is 6.54 Å². The Kier molecular flexibility index (Phi) is 6.14. The zero-order valence-electron chi connectivity index (χ0n) is 14.9. The molecule has 1 fully saturated rings. The molecule has 7 heteroatoms. The highest BCUT2D eigenvalue weighted by Gasteiger charge is 2.10. The van der Waals surface area contributed by atoms with Crippen molar-refractivity contribution in [2.45, 2.75) is 13.1 Å². The van der Waals surface area contributed by atoms with Gasteiger partial charge in [-0.1, -0.05) is 0 Å². The second kappa shape index (κ2) is 8.73. The molecule has 1 saturated heterocycles. The molecule has 1 aliphatic heterocycles. The number of ether oxygens (including phenoxy) is 3. The van der Waals surface area contributed by atoms with Crippen LogP contribution in [0.15, 0.2) is 30.6 Å². The average molecular weight is 346 g/mol. The molecule has 1 aromatic carbocycles. The molecular weight excluding hydrogens is 320 g/mol. The maximum Gasteiger partial charge on any atom is 0.122 e. The monoisotopic (exact) mass is 346 g/mol. The lowest BCUT2D eigenvalue weighted by molar-refractivity contribution is 0.0360. The Hall–Kier alpha value is -2.25.